The topological polar surface area (TPSA) is 48.5 Å². The molecule has 1 unspecified atom stereocenters. The fourth-order valence-electron chi connectivity index (χ4n) is 8.15. The van der Waals surface area contributed by atoms with Crippen LogP contribution >= 0.6 is 11.3 Å². The van der Waals surface area contributed by atoms with Gasteiger partial charge in [-0.2, -0.15) is 9.97 Å². The fourth-order valence-corrected chi connectivity index (χ4v) is 9.24. The minimum absolute atomic E-state index is 0.371. The minimum Gasteiger partial charge on any atom is -0.307 e. The first-order chi connectivity index (χ1) is 25.7. The summed E-state index contributed by atoms with van der Waals surface area (Å²) < 4.78 is 7.41. The number of allylic oxidation sites excluding steroid dienone is 1. The first-order valence-electron chi connectivity index (χ1n) is 17.8. The summed E-state index contributed by atoms with van der Waals surface area (Å²) in [6.45, 7) is 2.28. The smallest absolute Gasteiger partial charge is 0.238 e. The van der Waals surface area contributed by atoms with Crippen molar-refractivity contribution in [2.45, 2.75) is 13.3 Å². The van der Waals surface area contributed by atoms with E-state index in [4.69, 9.17) is 15.0 Å². The Hall–Kier alpha value is -6.37. The molecule has 0 N–H and O–H groups in total. The molecule has 5 nitrogen and oxygen atoms in total. The summed E-state index contributed by atoms with van der Waals surface area (Å²) in [6, 6.07) is 49.5. The zero-order valence-electron chi connectivity index (χ0n) is 28.4. The van der Waals surface area contributed by atoms with Crippen LogP contribution in [0, 0.1) is 5.92 Å². The summed E-state index contributed by atoms with van der Waals surface area (Å²) >= 11 is 1.85. The van der Waals surface area contributed by atoms with Crippen LogP contribution in [-0.2, 0) is 6.42 Å². The average Bonchev–Trinajstić information content (AvgIpc) is 3.85. The van der Waals surface area contributed by atoms with E-state index in [0.717, 1.165) is 34.3 Å². The highest BCUT2D eigenvalue weighted by molar-refractivity contribution is 7.25. The van der Waals surface area contributed by atoms with Gasteiger partial charge in [-0.3, -0.25) is 4.57 Å². The van der Waals surface area contributed by atoms with Crippen molar-refractivity contribution in [2.24, 2.45) is 5.92 Å². The Balaban J connectivity index is 1.29. The highest BCUT2D eigenvalue weighted by atomic mass is 32.1. The Morgan fingerprint density at radius 2 is 1.19 bits per heavy atom. The molecule has 10 aromatic rings. The van der Waals surface area contributed by atoms with Gasteiger partial charge in [0.1, 0.15) is 0 Å². The average molecular weight is 686 g/mol. The first kappa shape index (κ1) is 29.4. The molecule has 246 valence electrons. The quantitative estimate of drug-likeness (QED) is 0.185. The van der Waals surface area contributed by atoms with Gasteiger partial charge < -0.3 is 4.57 Å². The third kappa shape index (κ3) is 4.37. The number of thiophene rings is 1. The normalized spacial score (nSPS) is 14.3. The second kappa shape index (κ2) is 11.3. The lowest BCUT2D eigenvalue weighted by molar-refractivity contribution is 0.684. The minimum atomic E-state index is 0.371. The van der Waals surface area contributed by atoms with Crippen molar-refractivity contribution in [1.82, 2.24) is 24.1 Å². The standard InChI is InChI=1S/C46H31N5S/c1-28-20-22-33-36-24-23-35-32-16-8-10-18-38(32)50(31-21-25-41-37(27-31)34-17-9-11-19-40(34)52-41)42(35)43(36)51(39(33)26-28)46-48-44(29-12-4-2-5-13-29)47-45(49-46)30-14-6-3-7-15-30/h2-25,27-28H,26H2,1H3. The van der Waals surface area contributed by atoms with Gasteiger partial charge in [0.2, 0.25) is 5.95 Å². The number of fused-ring (bicyclic) bond motifs is 10. The third-order valence-corrected chi connectivity index (χ3v) is 11.7. The van der Waals surface area contributed by atoms with Crippen molar-refractivity contribution in [2.75, 3.05) is 0 Å². The molecule has 6 aromatic carbocycles. The van der Waals surface area contributed by atoms with E-state index in [-0.39, 0.29) is 0 Å². The van der Waals surface area contributed by atoms with Gasteiger partial charge in [0.15, 0.2) is 11.6 Å². The van der Waals surface area contributed by atoms with E-state index < -0.39 is 0 Å². The van der Waals surface area contributed by atoms with Gasteiger partial charge in [-0.1, -0.05) is 128 Å². The molecule has 1 atom stereocenters. The van der Waals surface area contributed by atoms with Crippen LogP contribution in [-0.4, -0.2) is 24.1 Å². The van der Waals surface area contributed by atoms with Crippen LogP contribution in [0.1, 0.15) is 18.2 Å². The van der Waals surface area contributed by atoms with Crippen LogP contribution < -0.4 is 0 Å². The molecule has 11 rings (SSSR count). The summed E-state index contributed by atoms with van der Waals surface area (Å²) in [5.41, 5.74) is 8.92. The van der Waals surface area contributed by atoms with Crippen LogP contribution in [0.5, 0.6) is 0 Å². The van der Waals surface area contributed by atoms with Crippen molar-refractivity contribution in [3.05, 3.63) is 157 Å². The molecule has 6 heteroatoms. The Kier molecular flexibility index (Phi) is 6.39. The molecule has 0 amide bonds. The molecule has 0 saturated heterocycles. The predicted molar refractivity (Wildman–Crippen MR) is 217 cm³/mol. The summed E-state index contributed by atoms with van der Waals surface area (Å²) in [5, 5.41) is 6.18. The maximum atomic E-state index is 5.29. The summed E-state index contributed by atoms with van der Waals surface area (Å²) in [7, 11) is 0. The molecule has 4 heterocycles. The first-order valence-corrected chi connectivity index (χ1v) is 18.6. The van der Waals surface area contributed by atoms with Gasteiger partial charge in [0, 0.05) is 64.4 Å². The van der Waals surface area contributed by atoms with Crippen molar-refractivity contribution in [3.63, 3.8) is 0 Å². The Morgan fingerprint density at radius 3 is 1.96 bits per heavy atom. The molecule has 52 heavy (non-hydrogen) atoms. The fraction of sp³-hybridized carbons (Fsp3) is 0.0652. The lowest BCUT2D eigenvalue weighted by atomic mass is 9.94. The summed E-state index contributed by atoms with van der Waals surface area (Å²) in [4.78, 5) is 15.6. The molecular weight excluding hydrogens is 655 g/mol. The lowest BCUT2D eigenvalue weighted by Gasteiger charge is -2.17. The second-order valence-electron chi connectivity index (χ2n) is 13.7. The second-order valence-corrected chi connectivity index (χ2v) is 14.8. The molecule has 0 radical (unpaired) electrons. The highest BCUT2D eigenvalue weighted by Gasteiger charge is 2.27. The number of rotatable bonds is 4. The molecule has 0 bridgehead atoms. The molecule has 0 aliphatic heterocycles. The van der Waals surface area contributed by atoms with Crippen molar-refractivity contribution in [3.8, 4) is 34.4 Å². The molecular formula is C46H31N5S. The zero-order valence-corrected chi connectivity index (χ0v) is 29.2. The van der Waals surface area contributed by atoms with Crippen LogP contribution in [0.15, 0.2) is 146 Å². The molecule has 0 fully saturated rings. The molecule has 0 spiro atoms. The summed E-state index contributed by atoms with van der Waals surface area (Å²) in [5.74, 6) is 2.31. The Bertz CT molecular complexity index is 3000. The number of aromatic nitrogens is 5. The van der Waals surface area contributed by atoms with Gasteiger partial charge >= 0.3 is 0 Å². The van der Waals surface area contributed by atoms with E-state index in [0.29, 0.717) is 23.5 Å². The number of hydrogen-bond acceptors (Lipinski definition) is 4. The van der Waals surface area contributed by atoms with Crippen LogP contribution in [0.3, 0.4) is 0 Å². The maximum Gasteiger partial charge on any atom is 0.238 e. The third-order valence-electron chi connectivity index (χ3n) is 10.5. The van der Waals surface area contributed by atoms with Gasteiger partial charge in [-0.15, -0.1) is 11.3 Å². The Labute approximate surface area is 303 Å². The summed E-state index contributed by atoms with van der Waals surface area (Å²) in [6.07, 6.45) is 5.52. The van der Waals surface area contributed by atoms with E-state index >= 15 is 0 Å². The zero-order chi connectivity index (χ0) is 34.3. The van der Waals surface area contributed by atoms with Crippen LogP contribution in [0.4, 0.5) is 0 Å². The largest absolute Gasteiger partial charge is 0.307 e. The van der Waals surface area contributed by atoms with Crippen molar-refractivity contribution >= 4 is 70.3 Å². The van der Waals surface area contributed by atoms with Gasteiger partial charge in [-0.05, 0) is 42.7 Å². The molecule has 4 aromatic heterocycles. The SMILES string of the molecule is CC1C=Cc2c(n(-c3nc(-c4ccccc4)nc(-c4ccccc4)n3)c3c2ccc2c4ccccc4n(-c4ccc5sc6ccccc6c5c4)c23)C1. The van der Waals surface area contributed by atoms with E-state index in [1.807, 2.05) is 47.7 Å². The van der Waals surface area contributed by atoms with Gasteiger partial charge in [-0.25, -0.2) is 4.98 Å². The molecule has 1 aliphatic rings. The monoisotopic (exact) mass is 685 g/mol. The number of para-hydroxylation sites is 1. The van der Waals surface area contributed by atoms with Gasteiger partial charge in [0.05, 0.1) is 16.6 Å². The van der Waals surface area contributed by atoms with E-state index in [1.165, 1.54) is 53.1 Å². The number of benzene rings is 6. The van der Waals surface area contributed by atoms with Gasteiger partial charge in [0.25, 0.3) is 0 Å². The van der Waals surface area contributed by atoms with E-state index in [9.17, 15) is 0 Å². The number of hydrogen-bond donors (Lipinski definition) is 0. The van der Waals surface area contributed by atoms with Crippen LogP contribution in [0.25, 0.3) is 93.4 Å². The van der Waals surface area contributed by atoms with Crippen LogP contribution in [0.2, 0.25) is 0 Å². The van der Waals surface area contributed by atoms with E-state index in [2.05, 4.69) is 131 Å². The molecule has 1 aliphatic carbocycles. The van der Waals surface area contributed by atoms with Crippen molar-refractivity contribution in [1.29, 1.82) is 0 Å². The van der Waals surface area contributed by atoms with Crippen molar-refractivity contribution < 1.29 is 0 Å². The Morgan fingerprint density at radius 1 is 0.558 bits per heavy atom. The highest BCUT2D eigenvalue weighted by Crippen LogP contribution is 2.44. The lowest BCUT2D eigenvalue weighted by Crippen LogP contribution is -2.13. The predicted octanol–water partition coefficient (Wildman–Crippen LogP) is 11.8. The molecule has 0 saturated carbocycles. The maximum absolute atomic E-state index is 5.29. The number of nitrogens with zero attached hydrogens (tertiary/aromatic N) is 5. The van der Waals surface area contributed by atoms with E-state index in [1.54, 1.807) is 0 Å².